The van der Waals surface area contributed by atoms with E-state index in [1.807, 2.05) is 9.80 Å². The third-order valence-corrected chi connectivity index (χ3v) is 4.85. The van der Waals surface area contributed by atoms with E-state index in [-0.39, 0.29) is 17.4 Å². The fraction of sp³-hybridized carbons (Fsp3) is 0.625. The zero-order chi connectivity index (χ0) is 15.6. The topological polar surface area (TPSA) is 66.4 Å². The van der Waals surface area contributed by atoms with E-state index in [0.29, 0.717) is 12.2 Å². The molecule has 6 nitrogen and oxygen atoms in total. The summed E-state index contributed by atoms with van der Waals surface area (Å²) in [5, 5.41) is 0. The monoisotopic (exact) mass is 302 g/mol. The van der Waals surface area contributed by atoms with Crippen LogP contribution in [-0.2, 0) is 4.79 Å². The quantitative estimate of drug-likeness (QED) is 0.788. The number of aromatic nitrogens is 2. The molecule has 2 saturated heterocycles. The summed E-state index contributed by atoms with van der Waals surface area (Å²) in [5.74, 6) is 0.0368. The largest absolute Gasteiger partial charge is 0.335 e. The molecule has 0 N–H and O–H groups in total. The fourth-order valence-corrected chi connectivity index (χ4v) is 3.87. The molecule has 0 bridgehead atoms. The molecule has 3 rings (SSSR count). The van der Waals surface area contributed by atoms with Gasteiger partial charge in [0.1, 0.15) is 5.69 Å². The highest BCUT2D eigenvalue weighted by atomic mass is 16.2. The first-order valence-corrected chi connectivity index (χ1v) is 7.96. The molecule has 2 aliphatic heterocycles. The summed E-state index contributed by atoms with van der Waals surface area (Å²) in [7, 11) is 0. The van der Waals surface area contributed by atoms with Gasteiger partial charge in [-0.3, -0.25) is 14.6 Å². The molecule has 1 spiro atoms. The Morgan fingerprint density at radius 1 is 1.14 bits per heavy atom. The zero-order valence-corrected chi connectivity index (χ0v) is 13.0. The van der Waals surface area contributed by atoms with E-state index < -0.39 is 0 Å². The Kier molecular flexibility index (Phi) is 4.09. The maximum atomic E-state index is 12.6. The summed E-state index contributed by atoms with van der Waals surface area (Å²) in [5.41, 5.74) is 0.199. The van der Waals surface area contributed by atoms with Gasteiger partial charge in [-0.05, 0) is 32.1 Å². The standard InChI is InChI=1S/C16H22N4O2/c1-13(21)20-10-3-2-5-16(20)6-4-9-19(12-16)15(22)14-11-17-7-8-18-14/h7-8,11H,2-6,9-10,12H2,1H3. The number of hydrogen-bond acceptors (Lipinski definition) is 4. The van der Waals surface area contributed by atoms with Crippen LogP contribution in [-0.4, -0.2) is 56.8 Å². The van der Waals surface area contributed by atoms with Gasteiger partial charge in [-0.15, -0.1) is 0 Å². The normalized spacial score (nSPS) is 25.3. The van der Waals surface area contributed by atoms with Gasteiger partial charge in [0.15, 0.2) is 0 Å². The number of amides is 2. The number of rotatable bonds is 1. The van der Waals surface area contributed by atoms with Gasteiger partial charge in [0.25, 0.3) is 5.91 Å². The van der Waals surface area contributed by atoms with Crippen molar-refractivity contribution in [1.29, 1.82) is 0 Å². The van der Waals surface area contributed by atoms with Gasteiger partial charge in [-0.25, -0.2) is 4.98 Å². The summed E-state index contributed by atoms with van der Waals surface area (Å²) in [6, 6.07) is 0. The van der Waals surface area contributed by atoms with Crippen LogP contribution in [0.1, 0.15) is 49.5 Å². The molecule has 1 atom stereocenters. The maximum absolute atomic E-state index is 12.6. The van der Waals surface area contributed by atoms with E-state index in [0.717, 1.165) is 45.2 Å². The number of piperidine rings is 2. The van der Waals surface area contributed by atoms with Crippen molar-refractivity contribution in [3.8, 4) is 0 Å². The Balaban J connectivity index is 1.81. The first kappa shape index (κ1) is 14.9. The molecule has 3 heterocycles. The number of nitrogens with zero attached hydrogens (tertiary/aromatic N) is 4. The van der Waals surface area contributed by atoms with E-state index in [4.69, 9.17) is 0 Å². The highest BCUT2D eigenvalue weighted by molar-refractivity contribution is 5.92. The lowest BCUT2D eigenvalue weighted by Crippen LogP contribution is -2.62. The predicted molar refractivity (Wildman–Crippen MR) is 81.1 cm³/mol. The molecule has 2 aliphatic rings. The van der Waals surface area contributed by atoms with E-state index in [1.165, 1.54) is 12.4 Å². The summed E-state index contributed by atoms with van der Waals surface area (Å²) in [6.45, 7) is 3.78. The molecule has 0 aromatic carbocycles. The molecule has 1 unspecified atom stereocenters. The van der Waals surface area contributed by atoms with Crippen LogP contribution in [0.25, 0.3) is 0 Å². The van der Waals surface area contributed by atoms with Crippen molar-refractivity contribution in [2.24, 2.45) is 0 Å². The van der Waals surface area contributed by atoms with Crippen molar-refractivity contribution in [3.63, 3.8) is 0 Å². The minimum absolute atomic E-state index is 0.0822. The van der Waals surface area contributed by atoms with E-state index >= 15 is 0 Å². The van der Waals surface area contributed by atoms with Crippen molar-refractivity contribution < 1.29 is 9.59 Å². The van der Waals surface area contributed by atoms with Gasteiger partial charge in [0.05, 0.1) is 11.7 Å². The van der Waals surface area contributed by atoms with E-state index in [1.54, 1.807) is 13.1 Å². The summed E-state index contributed by atoms with van der Waals surface area (Å²) < 4.78 is 0. The lowest BCUT2D eigenvalue weighted by Gasteiger charge is -2.52. The number of hydrogen-bond donors (Lipinski definition) is 0. The van der Waals surface area contributed by atoms with Gasteiger partial charge in [-0.2, -0.15) is 0 Å². The SMILES string of the molecule is CC(=O)N1CCCCC12CCCN(C(=O)c1cnccn1)C2. The van der Waals surface area contributed by atoms with Gasteiger partial charge in [-0.1, -0.05) is 0 Å². The van der Waals surface area contributed by atoms with Gasteiger partial charge < -0.3 is 9.80 Å². The molecule has 0 saturated carbocycles. The Morgan fingerprint density at radius 3 is 2.68 bits per heavy atom. The fourth-order valence-electron chi connectivity index (χ4n) is 3.87. The van der Waals surface area contributed by atoms with Crippen LogP contribution in [0.3, 0.4) is 0 Å². The third-order valence-electron chi connectivity index (χ3n) is 4.85. The van der Waals surface area contributed by atoms with Crippen LogP contribution < -0.4 is 0 Å². The Labute approximate surface area is 130 Å². The van der Waals surface area contributed by atoms with Crippen molar-refractivity contribution in [2.45, 2.75) is 44.6 Å². The van der Waals surface area contributed by atoms with Crippen LogP contribution >= 0.6 is 0 Å². The Morgan fingerprint density at radius 2 is 1.95 bits per heavy atom. The average molecular weight is 302 g/mol. The second-order valence-electron chi connectivity index (χ2n) is 6.27. The van der Waals surface area contributed by atoms with Crippen molar-refractivity contribution >= 4 is 11.8 Å². The molecule has 0 radical (unpaired) electrons. The number of likely N-dealkylation sites (tertiary alicyclic amines) is 2. The smallest absolute Gasteiger partial charge is 0.274 e. The van der Waals surface area contributed by atoms with Crippen LogP contribution in [0.5, 0.6) is 0 Å². The highest BCUT2D eigenvalue weighted by Gasteiger charge is 2.44. The number of carbonyl (C=O) groups is 2. The van der Waals surface area contributed by atoms with Crippen molar-refractivity contribution in [1.82, 2.24) is 19.8 Å². The van der Waals surface area contributed by atoms with Crippen molar-refractivity contribution in [3.05, 3.63) is 24.3 Å². The maximum Gasteiger partial charge on any atom is 0.274 e. The highest BCUT2D eigenvalue weighted by Crippen LogP contribution is 2.36. The number of carbonyl (C=O) groups excluding carboxylic acids is 2. The predicted octanol–water partition coefficient (Wildman–Crippen LogP) is 1.48. The Bertz CT molecular complexity index is 559. The molecule has 2 fully saturated rings. The second kappa shape index (κ2) is 6.02. The van der Waals surface area contributed by atoms with Crippen molar-refractivity contribution in [2.75, 3.05) is 19.6 Å². The minimum Gasteiger partial charge on any atom is -0.335 e. The molecule has 118 valence electrons. The molecular formula is C16H22N4O2. The molecule has 2 amide bonds. The summed E-state index contributed by atoms with van der Waals surface area (Å²) >= 11 is 0. The van der Waals surface area contributed by atoms with E-state index in [9.17, 15) is 9.59 Å². The summed E-state index contributed by atoms with van der Waals surface area (Å²) in [4.78, 5) is 36.6. The van der Waals surface area contributed by atoms with Crippen LogP contribution in [0.4, 0.5) is 0 Å². The molecule has 1 aromatic rings. The Hall–Kier alpha value is -1.98. The van der Waals surface area contributed by atoms with Gasteiger partial charge in [0.2, 0.25) is 5.91 Å². The summed E-state index contributed by atoms with van der Waals surface area (Å²) in [6.07, 6.45) is 9.68. The van der Waals surface area contributed by atoms with Gasteiger partial charge in [0, 0.05) is 39.0 Å². The molecule has 0 aliphatic carbocycles. The minimum atomic E-state index is -0.180. The van der Waals surface area contributed by atoms with Crippen LogP contribution in [0, 0.1) is 0 Å². The first-order valence-electron chi connectivity index (χ1n) is 7.96. The second-order valence-corrected chi connectivity index (χ2v) is 6.27. The zero-order valence-electron chi connectivity index (χ0n) is 13.0. The van der Waals surface area contributed by atoms with Crippen LogP contribution in [0.2, 0.25) is 0 Å². The molecule has 1 aromatic heterocycles. The van der Waals surface area contributed by atoms with E-state index in [2.05, 4.69) is 9.97 Å². The first-order chi connectivity index (χ1) is 10.6. The molecule has 22 heavy (non-hydrogen) atoms. The van der Waals surface area contributed by atoms with Gasteiger partial charge >= 0.3 is 0 Å². The third kappa shape index (κ3) is 2.69. The molecular weight excluding hydrogens is 280 g/mol. The lowest BCUT2D eigenvalue weighted by atomic mass is 9.79. The average Bonchev–Trinajstić information content (AvgIpc) is 2.55. The van der Waals surface area contributed by atoms with Crippen LogP contribution in [0.15, 0.2) is 18.6 Å². The molecule has 6 heteroatoms. The lowest BCUT2D eigenvalue weighted by molar-refractivity contribution is -0.140.